The molecular weight excluding hydrogens is 289 g/mol. The second kappa shape index (κ2) is 6.57. The quantitative estimate of drug-likeness (QED) is 0.788. The third kappa shape index (κ3) is 2.43. The van der Waals surface area contributed by atoms with E-state index in [0.29, 0.717) is 0 Å². The van der Waals surface area contributed by atoms with E-state index in [-0.39, 0.29) is 0 Å². The van der Waals surface area contributed by atoms with Gasteiger partial charge in [-0.2, -0.15) is 0 Å². The van der Waals surface area contributed by atoms with E-state index in [2.05, 4.69) is 44.3 Å². The summed E-state index contributed by atoms with van der Waals surface area (Å²) in [6.07, 6.45) is 8.31. The van der Waals surface area contributed by atoms with E-state index in [0.717, 1.165) is 0 Å². The third-order valence-electron chi connectivity index (χ3n) is 5.53. The van der Waals surface area contributed by atoms with Crippen LogP contribution < -0.4 is 5.30 Å². The molecule has 0 aromatic heterocycles. The first-order chi connectivity index (χ1) is 10.9. The highest BCUT2D eigenvalue weighted by Gasteiger charge is 2.59. The van der Waals surface area contributed by atoms with Gasteiger partial charge in [0.05, 0.1) is 0 Å². The Labute approximate surface area is 135 Å². The minimum atomic E-state index is -1.49. The average Bonchev–Trinajstić information content (AvgIpc) is 3.34. The van der Waals surface area contributed by atoms with Crippen LogP contribution >= 0.6 is 7.71 Å². The molecule has 4 heteroatoms. The van der Waals surface area contributed by atoms with Crippen molar-refractivity contribution in [1.29, 1.82) is 0 Å². The molecule has 0 N–H and O–H groups in total. The van der Waals surface area contributed by atoms with Gasteiger partial charge in [-0.1, -0.05) is 18.2 Å². The van der Waals surface area contributed by atoms with Gasteiger partial charge in [0.15, 0.2) is 0 Å². The fourth-order valence-electron chi connectivity index (χ4n) is 4.59. The number of hydrogen-bond donors (Lipinski definition) is 0. The molecule has 0 aliphatic carbocycles. The predicted molar refractivity (Wildman–Crippen MR) is 95.4 cm³/mol. The largest absolute Gasteiger partial charge is 0.262 e. The van der Waals surface area contributed by atoms with Crippen molar-refractivity contribution in [1.82, 2.24) is 14.0 Å². The van der Waals surface area contributed by atoms with E-state index < -0.39 is 7.71 Å². The van der Waals surface area contributed by atoms with Gasteiger partial charge >= 0.3 is 0 Å². The summed E-state index contributed by atoms with van der Waals surface area (Å²) in [5.74, 6) is 0. The summed E-state index contributed by atoms with van der Waals surface area (Å²) in [7, 11) is -1.49. The molecule has 3 aliphatic heterocycles. The smallest absolute Gasteiger partial charge is 0.144 e. The highest BCUT2D eigenvalue weighted by molar-refractivity contribution is 7.76. The summed E-state index contributed by atoms with van der Waals surface area (Å²) in [4.78, 5) is 0. The molecule has 0 spiro atoms. The topological polar surface area (TPSA) is 9.72 Å². The zero-order chi connectivity index (χ0) is 14.8. The van der Waals surface area contributed by atoms with Gasteiger partial charge in [0.2, 0.25) is 0 Å². The van der Waals surface area contributed by atoms with Crippen LogP contribution in [0.1, 0.15) is 38.5 Å². The van der Waals surface area contributed by atoms with Crippen LogP contribution in [0.2, 0.25) is 0 Å². The molecule has 120 valence electrons. The van der Waals surface area contributed by atoms with Crippen LogP contribution in [0.3, 0.4) is 0 Å². The fourth-order valence-corrected chi connectivity index (χ4v) is 9.74. The summed E-state index contributed by atoms with van der Waals surface area (Å²) in [5, 5.41) is 1.61. The maximum Gasteiger partial charge on any atom is 0.262 e. The SMILES string of the molecule is c1ccc([P+](N2CCCC2)(N2CCCC2)N2CCCC2)cc1. The van der Waals surface area contributed by atoms with Crippen LogP contribution in [0.4, 0.5) is 0 Å². The molecule has 0 saturated carbocycles. The van der Waals surface area contributed by atoms with E-state index in [1.165, 1.54) is 77.8 Å². The highest BCUT2D eigenvalue weighted by atomic mass is 31.2. The monoisotopic (exact) mass is 318 g/mol. The minimum Gasteiger partial charge on any atom is -0.144 e. The molecule has 1 aromatic rings. The number of nitrogens with zero attached hydrogens (tertiary/aromatic N) is 3. The molecule has 0 atom stereocenters. The average molecular weight is 318 g/mol. The maximum absolute atomic E-state index is 2.90. The maximum atomic E-state index is 2.90. The van der Waals surface area contributed by atoms with Crippen molar-refractivity contribution in [2.75, 3.05) is 39.3 Å². The number of benzene rings is 1. The predicted octanol–water partition coefficient (Wildman–Crippen LogP) is 3.36. The Morgan fingerprint density at radius 2 is 0.909 bits per heavy atom. The Morgan fingerprint density at radius 1 is 0.545 bits per heavy atom. The van der Waals surface area contributed by atoms with Gasteiger partial charge in [0.25, 0.3) is 7.71 Å². The Hall–Kier alpha value is -0.470. The van der Waals surface area contributed by atoms with E-state index in [4.69, 9.17) is 0 Å². The van der Waals surface area contributed by atoms with Gasteiger partial charge in [-0.25, -0.2) is 0 Å². The zero-order valence-corrected chi connectivity index (χ0v) is 14.6. The summed E-state index contributed by atoms with van der Waals surface area (Å²) in [5.41, 5.74) is 0. The van der Waals surface area contributed by atoms with Gasteiger partial charge in [0.1, 0.15) is 5.30 Å². The molecule has 0 amide bonds. The first-order valence-corrected chi connectivity index (χ1v) is 10.8. The zero-order valence-electron chi connectivity index (χ0n) is 13.7. The standard InChI is InChI=1S/C18H29N3P/c1-2-10-18(11-3-1)22(19-12-4-5-13-19,20-14-6-7-15-20)21-16-8-9-17-21/h1-3,10-11H,4-9,12-17H2/q+1. The molecule has 3 fully saturated rings. The van der Waals surface area contributed by atoms with Crippen molar-refractivity contribution >= 4 is 13.0 Å². The van der Waals surface area contributed by atoms with Crippen molar-refractivity contribution in [3.8, 4) is 0 Å². The summed E-state index contributed by atoms with van der Waals surface area (Å²) in [6, 6.07) is 11.5. The lowest BCUT2D eigenvalue weighted by molar-refractivity contribution is 0.383. The van der Waals surface area contributed by atoms with Gasteiger partial charge in [-0.3, -0.25) is 0 Å². The van der Waals surface area contributed by atoms with E-state index in [9.17, 15) is 0 Å². The second-order valence-electron chi connectivity index (χ2n) is 6.89. The molecule has 3 aliphatic rings. The first-order valence-electron chi connectivity index (χ1n) is 9.13. The van der Waals surface area contributed by atoms with Crippen LogP contribution in [0, 0.1) is 0 Å². The van der Waals surface area contributed by atoms with Crippen LogP contribution in [0.5, 0.6) is 0 Å². The Bertz CT molecular complexity index is 434. The lowest BCUT2D eigenvalue weighted by Crippen LogP contribution is -2.47. The molecular formula is C18H29N3P+. The van der Waals surface area contributed by atoms with Crippen molar-refractivity contribution in [2.45, 2.75) is 38.5 Å². The van der Waals surface area contributed by atoms with Crippen LogP contribution in [0.15, 0.2) is 30.3 Å². The molecule has 3 heterocycles. The van der Waals surface area contributed by atoms with Gasteiger partial charge in [0, 0.05) is 39.3 Å². The van der Waals surface area contributed by atoms with Gasteiger partial charge < -0.3 is 0 Å². The minimum absolute atomic E-state index is 1.30. The molecule has 4 rings (SSSR count). The fraction of sp³-hybridized carbons (Fsp3) is 0.667. The Morgan fingerprint density at radius 3 is 1.27 bits per heavy atom. The second-order valence-corrected chi connectivity index (χ2v) is 10.2. The Balaban J connectivity index is 1.82. The molecule has 0 unspecified atom stereocenters. The summed E-state index contributed by atoms with van der Waals surface area (Å²) >= 11 is 0. The molecule has 0 radical (unpaired) electrons. The van der Waals surface area contributed by atoms with Gasteiger partial charge in [-0.15, -0.1) is 14.0 Å². The van der Waals surface area contributed by atoms with Crippen LogP contribution in [-0.2, 0) is 0 Å². The molecule has 3 nitrogen and oxygen atoms in total. The summed E-state index contributed by atoms with van der Waals surface area (Å²) < 4.78 is 8.71. The highest BCUT2D eigenvalue weighted by Crippen LogP contribution is 2.69. The van der Waals surface area contributed by atoms with E-state index in [1.807, 2.05) is 0 Å². The molecule has 3 saturated heterocycles. The van der Waals surface area contributed by atoms with Gasteiger partial charge in [-0.05, 0) is 50.7 Å². The van der Waals surface area contributed by atoms with E-state index >= 15 is 0 Å². The third-order valence-corrected chi connectivity index (χ3v) is 10.1. The van der Waals surface area contributed by atoms with Crippen molar-refractivity contribution < 1.29 is 0 Å². The number of hydrogen-bond acceptors (Lipinski definition) is 3. The van der Waals surface area contributed by atoms with Crippen LogP contribution in [-0.4, -0.2) is 53.3 Å². The van der Waals surface area contributed by atoms with Crippen LogP contribution in [0.25, 0.3) is 0 Å². The molecule has 1 aromatic carbocycles. The van der Waals surface area contributed by atoms with Crippen molar-refractivity contribution in [2.24, 2.45) is 0 Å². The normalized spacial score (nSPS) is 25.3. The number of rotatable bonds is 4. The van der Waals surface area contributed by atoms with E-state index in [1.54, 1.807) is 5.30 Å². The molecule has 22 heavy (non-hydrogen) atoms. The first kappa shape index (κ1) is 15.1. The molecule has 0 bridgehead atoms. The van der Waals surface area contributed by atoms with Crippen molar-refractivity contribution in [3.05, 3.63) is 30.3 Å². The Kier molecular flexibility index (Phi) is 4.50. The summed E-state index contributed by atoms with van der Waals surface area (Å²) in [6.45, 7) is 7.81. The van der Waals surface area contributed by atoms with Crippen molar-refractivity contribution in [3.63, 3.8) is 0 Å². The lowest BCUT2D eigenvalue weighted by Gasteiger charge is -2.44. The lowest BCUT2D eigenvalue weighted by atomic mass is 10.4.